The van der Waals surface area contributed by atoms with Gasteiger partial charge in [-0.05, 0) is 25.7 Å². The first-order chi connectivity index (χ1) is 10.1. The Hall–Kier alpha value is -1.43. The summed E-state index contributed by atoms with van der Waals surface area (Å²) in [5.41, 5.74) is -0.412. The van der Waals surface area contributed by atoms with E-state index in [2.05, 4.69) is 10.1 Å². The maximum atomic E-state index is 10.7. The molecule has 0 amide bonds. The second-order valence-electron chi connectivity index (χ2n) is 5.91. The minimum Gasteiger partial charge on any atom is -0.481 e. The first kappa shape index (κ1) is 15.9. The third kappa shape index (κ3) is 4.03. The van der Waals surface area contributed by atoms with Gasteiger partial charge in [0.2, 0.25) is 11.7 Å². The summed E-state index contributed by atoms with van der Waals surface area (Å²) in [5, 5.41) is 12.9. The number of hydrogen-bond donors (Lipinski definition) is 1. The molecule has 0 spiro atoms. The van der Waals surface area contributed by atoms with Crippen LogP contribution in [0.15, 0.2) is 4.52 Å². The summed E-state index contributed by atoms with van der Waals surface area (Å²) in [7, 11) is 0. The summed E-state index contributed by atoms with van der Waals surface area (Å²) < 4.78 is 11.3. The van der Waals surface area contributed by atoms with E-state index in [1.165, 1.54) is 6.42 Å². The van der Waals surface area contributed by atoms with Gasteiger partial charge in [0.15, 0.2) is 0 Å². The summed E-state index contributed by atoms with van der Waals surface area (Å²) in [6.07, 6.45) is 5.87. The van der Waals surface area contributed by atoms with Gasteiger partial charge in [-0.15, -0.1) is 0 Å². The molecular weight excluding hydrogens is 272 g/mol. The third-order valence-corrected chi connectivity index (χ3v) is 4.00. The molecule has 1 saturated carbocycles. The molecule has 21 heavy (non-hydrogen) atoms. The number of aromatic nitrogens is 2. The van der Waals surface area contributed by atoms with Crippen LogP contribution in [0.25, 0.3) is 0 Å². The second-order valence-corrected chi connectivity index (χ2v) is 5.91. The molecule has 6 nitrogen and oxygen atoms in total. The zero-order chi connectivity index (χ0) is 15.3. The molecule has 2 rings (SSSR count). The Bertz CT molecular complexity index is 460. The lowest BCUT2D eigenvalue weighted by molar-refractivity contribution is -0.137. The summed E-state index contributed by atoms with van der Waals surface area (Å²) in [6.45, 7) is 4.47. The van der Waals surface area contributed by atoms with Crippen LogP contribution in [0.3, 0.4) is 0 Å². The molecule has 1 heterocycles. The van der Waals surface area contributed by atoms with Gasteiger partial charge >= 0.3 is 5.97 Å². The molecular formula is C15H24N2O4. The van der Waals surface area contributed by atoms with E-state index in [4.69, 9.17) is 14.4 Å². The summed E-state index contributed by atoms with van der Waals surface area (Å²) in [6, 6.07) is 0. The maximum Gasteiger partial charge on any atom is 0.303 e. The van der Waals surface area contributed by atoms with Crippen LogP contribution in [-0.4, -0.2) is 27.8 Å². The van der Waals surface area contributed by atoms with Crippen LogP contribution in [0.5, 0.6) is 0 Å². The van der Waals surface area contributed by atoms with Crippen molar-refractivity contribution in [1.29, 1.82) is 0 Å². The number of ether oxygens (including phenoxy) is 1. The molecule has 1 N–H and O–H groups in total. The van der Waals surface area contributed by atoms with Gasteiger partial charge in [0.1, 0.15) is 5.60 Å². The predicted molar refractivity (Wildman–Crippen MR) is 75.8 cm³/mol. The van der Waals surface area contributed by atoms with Crippen LogP contribution in [-0.2, 0) is 21.6 Å². The van der Waals surface area contributed by atoms with Gasteiger partial charge in [-0.2, -0.15) is 4.98 Å². The number of carbonyl (C=O) groups is 1. The highest BCUT2D eigenvalue weighted by Gasteiger charge is 2.39. The third-order valence-electron chi connectivity index (χ3n) is 4.00. The van der Waals surface area contributed by atoms with E-state index < -0.39 is 11.6 Å². The van der Waals surface area contributed by atoms with E-state index in [-0.39, 0.29) is 12.3 Å². The zero-order valence-electron chi connectivity index (χ0n) is 12.8. The van der Waals surface area contributed by atoms with Crippen molar-refractivity contribution in [3.63, 3.8) is 0 Å². The minimum atomic E-state index is -0.805. The van der Waals surface area contributed by atoms with E-state index in [9.17, 15) is 4.79 Å². The molecule has 0 aromatic carbocycles. The molecule has 0 saturated heterocycles. The highest BCUT2D eigenvalue weighted by molar-refractivity contribution is 5.66. The van der Waals surface area contributed by atoms with Crippen LogP contribution in [0.4, 0.5) is 0 Å². The number of hydrogen-bond acceptors (Lipinski definition) is 5. The van der Waals surface area contributed by atoms with Gasteiger partial charge in [-0.25, -0.2) is 0 Å². The second kappa shape index (κ2) is 7.02. The Labute approximate surface area is 124 Å². The number of carboxylic acid groups (broad SMARTS) is 1. The Balaban J connectivity index is 2.07. The SMILES string of the molecule is CCOC1(c2noc(CC(C)CC(=O)O)n2)CCCCC1. The molecule has 0 aliphatic heterocycles. The largest absolute Gasteiger partial charge is 0.481 e. The fourth-order valence-electron chi connectivity index (χ4n) is 3.02. The first-order valence-electron chi connectivity index (χ1n) is 7.74. The van der Waals surface area contributed by atoms with Gasteiger partial charge < -0.3 is 14.4 Å². The highest BCUT2D eigenvalue weighted by atomic mass is 16.5. The Morgan fingerprint density at radius 1 is 1.43 bits per heavy atom. The molecule has 1 fully saturated rings. The minimum absolute atomic E-state index is 0.0230. The molecule has 1 aromatic heterocycles. The smallest absolute Gasteiger partial charge is 0.303 e. The molecule has 1 aromatic rings. The molecule has 1 atom stereocenters. The van der Waals surface area contributed by atoms with E-state index in [0.29, 0.717) is 24.7 Å². The van der Waals surface area contributed by atoms with Crippen molar-refractivity contribution in [2.45, 2.75) is 64.4 Å². The molecule has 118 valence electrons. The van der Waals surface area contributed by atoms with Crippen LogP contribution in [0.2, 0.25) is 0 Å². The Morgan fingerprint density at radius 3 is 2.76 bits per heavy atom. The number of nitrogens with zero attached hydrogens (tertiary/aromatic N) is 2. The topological polar surface area (TPSA) is 85.5 Å². The van der Waals surface area contributed by atoms with Crippen molar-refractivity contribution < 1.29 is 19.2 Å². The Morgan fingerprint density at radius 2 is 2.14 bits per heavy atom. The predicted octanol–water partition coefficient (Wildman–Crippen LogP) is 2.92. The van der Waals surface area contributed by atoms with Gasteiger partial charge in [0, 0.05) is 19.4 Å². The fraction of sp³-hybridized carbons (Fsp3) is 0.800. The zero-order valence-corrected chi connectivity index (χ0v) is 12.8. The van der Waals surface area contributed by atoms with Gasteiger partial charge in [-0.3, -0.25) is 4.79 Å². The fourth-order valence-corrected chi connectivity index (χ4v) is 3.02. The van der Waals surface area contributed by atoms with Crippen molar-refractivity contribution in [1.82, 2.24) is 10.1 Å². The summed E-state index contributed by atoms with van der Waals surface area (Å²) >= 11 is 0. The van der Waals surface area contributed by atoms with Crippen LogP contribution >= 0.6 is 0 Å². The lowest BCUT2D eigenvalue weighted by Crippen LogP contribution is -2.33. The van der Waals surface area contributed by atoms with Crippen LogP contribution < -0.4 is 0 Å². The van der Waals surface area contributed by atoms with Gasteiger partial charge in [-0.1, -0.05) is 31.3 Å². The molecule has 0 bridgehead atoms. The first-order valence-corrected chi connectivity index (χ1v) is 7.74. The highest BCUT2D eigenvalue weighted by Crippen LogP contribution is 2.39. The van der Waals surface area contributed by atoms with Crippen LogP contribution in [0.1, 0.15) is 64.1 Å². The lowest BCUT2D eigenvalue weighted by atomic mass is 9.84. The number of carboxylic acids is 1. The number of rotatable bonds is 7. The normalized spacial score (nSPS) is 19.3. The number of aliphatic carboxylic acids is 1. The average molecular weight is 296 g/mol. The average Bonchev–Trinajstić information content (AvgIpc) is 2.88. The molecule has 1 aliphatic carbocycles. The van der Waals surface area contributed by atoms with Crippen molar-refractivity contribution in [2.24, 2.45) is 5.92 Å². The lowest BCUT2D eigenvalue weighted by Gasteiger charge is -2.33. The molecule has 1 unspecified atom stereocenters. The van der Waals surface area contributed by atoms with E-state index in [1.54, 1.807) is 0 Å². The standard InChI is InChI=1S/C15H24N2O4/c1-3-20-15(7-5-4-6-8-15)14-16-12(21-17-14)9-11(2)10-13(18)19/h11H,3-10H2,1-2H3,(H,18,19). The molecule has 1 aliphatic rings. The van der Waals surface area contributed by atoms with E-state index in [1.807, 2.05) is 13.8 Å². The van der Waals surface area contributed by atoms with Crippen molar-refractivity contribution in [2.75, 3.05) is 6.61 Å². The van der Waals surface area contributed by atoms with Crippen molar-refractivity contribution in [3.8, 4) is 0 Å². The van der Waals surface area contributed by atoms with Gasteiger partial charge in [0.05, 0.1) is 0 Å². The summed E-state index contributed by atoms with van der Waals surface area (Å²) in [4.78, 5) is 15.2. The van der Waals surface area contributed by atoms with E-state index in [0.717, 1.165) is 25.7 Å². The molecule has 6 heteroatoms. The maximum absolute atomic E-state index is 10.7. The van der Waals surface area contributed by atoms with Crippen LogP contribution in [0, 0.1) is 5.92 Å². The summed E-state index contributed by atoms with van der Waals surface area (Å²) in [5.74, 6) is 0.301. The van der Waals surface area contributed by atoms with Gasteiger partial charge in [0.25, 0.3) is 0 Å². The molecule has 0 radical (unpaired) electrons. The quantitative estimate of drug-likeness (QED) is 0.832. The van der Waals surface area contributed by atoms with Crippen molar-refractivity contribution >= 4 is 5.97 Å². The monoisotopic (exact) mass is 296 g/mol. The van der Waals surface area contributed by atoms with E-state index >= 15 is 0 Å². The van der Waals surface area contributed by atoms with Crippen molar-refractivity contribution in [3.05, 3.63) is 11.7 Å². The Kier molecular flexibility index (Phi) is 5.33.